The molecule has 168 valence electrons. The van der Waals surface area contributed by atoms with Crippen molar-refractivity contribution in [3.63, 3.8) is 0 Å². The first-order valence-corrected chi connectivity index (χ1v) is 12.6. The normalized spacial score (nSPS) is 17.2. The average molecular weight is 399 g/mol. The third kappa shape index (κ3) is 14.0. The summed E-state index contributed by atoms with van der Waals surface area (Å²) in [7, 11) is 0. The molecule has 28 heavy (non-hydrogen) atoms. The van der Waals surface area contributed by atoms with Gasteiger partial charge in [-0.15, -0.1) is 0 Å². The Morgan fingerprint density at radius 1 is 0.679 bits per heavy atom. The Hall–Kier alpha value is -0.120. The van der Waals surface area contributed by atoms with E-state index in [0.717, 1.165) is 12.8 Å². The summed E-state index contributed by atoms with van der Waals surface area (Å²) < 4.78 is 11.3. The molecule has 1 saturated heterocycles. The van der Waals surface area contributed by atoms with Crippen molar-refractivity contribution in [2.75, 3.05) is 19.8 Å². The van der Waals surface area contributed by atoms with Crippen LogP contribution in [0.3, 0.4) is 0 Å². The molecule has 0 aromatic carbocycles. The molecule has 0 spiro atoms. The van der Waals surface area contributed by atoms with Gasteiger partial charge in [0.2, 0.25) is 0 Å². The van der Waals surface area contributed by atoms with E-state index in [4.69, 9.17) is 9.47 Å². The van der Waals surface area contributed by atoms with Gasteiger partial charge in [-0.05, 0) is 19.3 Å². The third-order valence-corrected chi connectivity index (χ3v) is 6.28. The van der Waals surface area contributed by atoms with Crippen LogP contribution in [0.5, 0.6) is 0 Å². The highest BCUT2D eigenvalue weighted by Gasteiger charge is 2.33. The van der Waals surface area contributed by atoms with Gasteiger partial charge in [-0.25, -0.2) is 0 Å². The van der Waals surface area contributed by atoms with Gasteiger partial charge in [0.1, 0.15) is 0 Å². The molecule has 3 nitrogen and oxygen atoms in total. The number of hydrogen-bond donors (Lipinski definition) is 1. The maximum Gasteiger partial charge on any atom is 0.166 e. The summed E-state index contributed by atoms with van der Waals surface area (Å²) in [5, 5.41) is 9.62. The Bertz CT molecular complexity index is 326. The zero-order valence-electron chi connectivity index (χ0n) is 19.2. The molecule has 0 aromatic rings. The van der Waals surface area contributed by atoms with E-state index in [1.165, 1.54) is 103 Å². The molecule has 1 aliphatic rings. The van der Waals surface area contributed by atoms with E-state index in [9.17, 15) is 5.11 Å². The van der Waals surface area contributed by atoms with Crippen molar-refractivity contribution in [2.45, 2.75) is 135 Å². The minimum absolute atomic E-state index is 0.251. The predicted molar refractivity (Wildman–Crippen MR) is 120 cm³/mol. The maximum absolute atomic E-state index is 9.62. The number of rotatable bonds is 20. The Morgan fingerprint density at radius 2 is 1.07 bits per heavy atom. The summed E-state index contributed by atoms with van der Waals surface area (Å²) in [4.78, 5) is 0. The molecule has 3 heteroatoms. The van der Waals surface area contributed by atoms with Gasteiger partial charge in [-0.1, -0.05) is 110 Å². The van der Waals surface area contributed by atoms with E-state index in [1.807, 2.05) is 6.92 Å². The number of aliphatic hydroxyl groups is 1. The fourth-order valence-electron chi connectivity index (χ4n) is 4.44. The van der Waals surface area contributed by atoms with Crippen LogP contribution in [0.25, 0.3) is 0 Å². The Morgan fingerprint density at radius 3 is 1.46 bits per heavy atom. The summed E-state index contributed by atoms with van der Waals surface area (Å²) in [5.41, 5.74) is 0. The fraction of sp³-hybridized carbons (Fsp3) is 1.00. The van der Waals surface area contributed by atoms with Crippen LogP contribution < -0.4 is 0 Å². The quantitative estimate of drug-likeness (QED) is 0.217. The van der Waals surface area contributed by atoms with Gasteiger partial charge in [-0.2, -0.15) is 0 Å². The van der Waals surface area contributed by atoms with E-state index in [1.54, 1.807) is 0 Å². The van der Waals surface area contributed by atoms with Crippen LogP contribution in [0.2, 0.25) is 0 Å². The molecule has 1 rings (SSSR count). The topological polar surface area (TPSA) is 38.7 Å². The maximum atomic E-state index is 9.62. The molecule has 1 heterocycles. The van der Waals surface area contributed by atoms with Gasteiger partial charge in [0, 0.05) is 13.0 Å². The average Bonchev–Trinajstić information content (AvgIpc) is 3.13. The standard InChI is InChI=1S/C25H50O3/c1-3-4-5-6-7-8-9-10-11-12-13-14-15-16-17-18-19-24(23-26)22-25(2)27-20-21-28-25/h24,26H,3-23H2,1-2H3. The Labute approximate surface area is 176 Å². The number of hydrogen-bond acceptors (Lipinski definition) is 3. The molecule has 0 saturated carbocycles. The van der Waals surface area contributed by atoms with E-state index in [2.05, 4.69) is 6.92 Å². The minimum Gasteiger partial charge on any atom is -0.396 e. The second-order valence-electron chi connectivity index (χ2n) is 9.18. The highest BCUT2D eigenvalue weighted by atomic mass is 16.7. The van der Waals surface area contributed by atoms with Gasteiger partial charge in [0.05, 0.1) is 13.2 Å². The van der Waals surface area contributed by atoms with Crippen molar-refractivity contribution in [3.8, 4) is 0 Å². The first-order chi connectivity index (χ1) is 13.7. The Balaban J connectivity index is 1.80. The van der Waals surface area contributed by atoms with Crippen LogP contribution in [-0.4, -0.2) is 30.7 Å². The first kappa shape index (κ1) is 25.9. The molecule has 0 bridgehead atoms. The van der Waals surface area contributed by atoms with Crippen molar-refractivity contribution >= 4 is 0 Å². The first-order valence-electron chi connectivity index (χ1n) is 12.6. The summed E-state index contributed by atoms with van der Waals surface area (Å²) in [6, 6.07) is 0. The predicted octanol–water partition coefficient (Wildman–Crippen LogP) is 7.40. The van der Waals surface area contributed by atoms with Gasteiger partial charge in [0.15, 0.2) is 5.79 Å². The van der Waals surface area contributed by atoms with Crippen molar-refractivity contribution in [2.24, 2.45) is 5.92 Å². The van der Waals surface area contributed by atoms with Crippen molar-refractivity contribution in [1.29, 1.82) is 0 Å². The molecule has 1 N–H and O–H groups in total. The van der Waals surface area contributed by atoms with Crippen LogP contribution in [0.1, 0.15) is 129 Å². The van der Waals surface area contributed by atoms with E-state index in [0.29, 0.717) is 19.1 Å². The summed E-state index contributed by atoms with van der Waals surface area (Å²) in [5.74, 6) is -0.141. The lowest BCUT2D eigenvalue weighted by molar-refractivity contribution is -0.157. The molecular formula is C25H50O3. The lowest BCUT2D eigenvalue weighted by atomic mass is 9.94. The monoisotopic (exact) mass is 398 g/mol. The van der Waals surface area contributed by atoms with Crippen molar-refractivity contribution < 1.29 is 14.6 Å². The highest BCUT2D eigenvalue weighted by molar-refractivity contribution is 4.73. The highest BCUT2D eigenvalue weighted by Crippen LogP contribution is 2.29. The molecule has 0 aliphatic carbocycles. The van der Waals surface area contributed by atoms with Crippen LogP contribution in [-0.2, 0) is 9.47 Å². The van der Waals surface area contributed by atoms with Gasteiger partial charge < -0.3 is 14.6 Å². The number of unbranched alkanes of at least 4 members (excludes halogenated alkanes) is 15. The molecule has 0 amide bonds. The third-order valence-electron chi connectivity index (χ3n) is 6.28. The minimum atomic E-state index is -0.456. The molecular weight excluding hydrogens is 348 g/mol. The molecule has 1 fully saturated rings. The van der Waals surface area contributed by atoms with Gasteiger partial charge in [0.25, 0.3) is 0 Å². The SMILES string of the molecule is CCCCCCCCCCCCCCCCCCC(CO)CC1(C)OCCO1. The summed E-state index contributed by atoms with van der Waals surface area (Å²) in [6.45, 7) is 5.93. The molecule has 1 atom stereocenters. The number of ether oxygens (including phenoxy) is 2. The van der Waals surface area contributed by atoms with Crippen LogP contribution in [0, 0.1) is 5.92 Å². The number of aliphatic hydroxyl groups excluding tert-OH is 1. The van der Waals surface area contributed by atoms with Crippen LogP contribution >= 0.6 is 0 Å². The smallest absolute Gasteiger partial charge is 0.166 e. The lowest BCUT2D eigenvalue weighted by Gasteiger charge is -2.26. The fourth-order valence-corrected chi connectivity index (χ4v) is 4.44. The van der Waals surface area contributed by atoms with E-state index in [-0.39, 0.29) is 6.61 Å². The molecule has 1 unspecified atom stereocenters. The molecule has 0 radical (unpaired) electrons. The largest absolute Gasteiger partial charge is 0.396 e. The molecule has 0 aromatic heterocycles. The van der Waals surface area contributed by atoms with E-state index < -0.39 is 5.79 Å². The zero-order valence-corrected chi connectivity index (χ0v) is 19.2. The Kier molecular flexibility index (Phi) is 16.4. The molecule has 1 aliphatic heterocycles. The van der Waals surface area contributed by atoms with Crippen molar-refractivity contribution in [1.82, 2.24) is 0 Å². The van der Waals surface area contributed by atoms with Gasteiger partial charge >= 0.3 is 0 Å². The summed E-state index contributed by atoms with van der Waals surface area (Å²) >= 11 is 0. The van der Waals surface area contributed by atoms with Crippen LogP contribution in [0.4, 0.5) is 0 Å². The van der Waals surface area contributed by atoms with Crippen molar-refractivity contribution in [3.05, 3.63) is 0 Å². The second kappa shape index (κ2) is 17.7. The summed E-state index contributed by atoms with van der Waals surface area (Å²) in [6.07, 6.45) is 24.3. The zero-order chi connectivity index (χ0) is 20.3. The second-order valence-corrected chi connectivity index (χ2v) is 9.18. The van der Waals surface area contributed by atoms with Crippen LogP contribution in [0.15, 0.2) is 0 Å². The van der Waals surface area contributed by atoms with Gasteiger partial charge in [-0.3, -0.25) is 0 Å². The lowest BCUT2D eigenvalue weighted by Crippen LogP contribution is -2.30. The van der Waals surface area contributed by atoms with E-state index >= 15 is 0 Å².